The molecule has 2 aromatic rings. The van der Waals surface area contributed by atoms with Crippen LogP contribution >= 0.6 is 12.2 Å². The third-order valence-corrected chi connectivity index (χ3v) is 5.63. The number of rotatable bonds is 13. The van der Waals surface area contributed by atoms with Crippen LogP contribution in [0.5, 0.6) is 11.5 Å². The maximum atomic E-state index is 5.49. The first kappa shape index (κ1) is 20.9. The van der Waals surface area contributed by atoms with E-state index in [-0.39, 0.29) is 6.79 Å². The van der Waals surface area contributed by atoms with Crippen LogP contribution in [-0.2, 0) is 6.42 Å². The van der Waals surface area contributed by atoms with Crippen molar-refractivity contribution in [1.29, 1.82) is 0 Å². The standard InChI is InChI=1S/C22H33N3O2S/c1-2-3-4-5-6-7-8-9-10-11-12-13-21-23-24-22(28)25(21)18-14-15-19-20(16-18)27-17-26-19/h14-16H,2-13,17H2,1H3,(H,24,28). The summed E-state index contributed by atoms with van der Waals surface area (Å²) in [7, 11) is 0. The minimum absolute atomic E-state index is 0.279. The molecule has 1 N–H and O–H groups in total. The highest BCUT2D eigenvalue weighted by Crippen LogP contribution is 2.34. The van der Waals surface area contributed by atoms with E-state index in [0.29, 0.717) is 4.77 Å². The van der Waals surface area contributed by atoms with Gasteiger partial charge in [0.2, 0.25) is 6.79 Å². The van der Waals surface area contributed by atoms with Crippen molar-refractivity contribution in [3.63, 3.8) is 0 Å². The summed E-state index contributed by atoms with van der Waals surface area (Å²) in [6, 6.07) is 5.90. The Morgan fingerprint density at radius 1 is 0.929 bits per heavy atom. The Balaban J connectivity index is 1.39. The van der Waals surface area contributed by atoms with Crippen LogP contribution in [0.15, 0.2) is 18.2 Å². The molecule has 0 amide bonds. The third-order valence-electron chi connectivity index (χ3n) is 5.36. The van der Waals surface area contributed by atoms with Crippen molar-refractivity contribution in [3.05, 3.63) is 28.8 Å². The zero-order chi connectivity index (χ0) is 19.6. The number of aromatic amines is 1. The molecular weight excluding hydrogens is 370 g/mol. The second kappa shape index (κ2) is 11.2. The molecule has 3 rings (SSSR count). The second-order valence-electron chi connectivity index (χ2n) is 7.60. The highest BCUT2D eigenvalue weighted by atomic mass is 32.1. The Morgan fingerprint density at radius 3 is 2.29 bits per heavy atom. The molecule has 0 bridgehead atoms. The van der Waals surface area contributed by atoms with Crippen molar-refractivity contribution in [2.45, 2.75) is 84.0 Å². The molecule has 28 heavy (non-hydrogen) atoms. The van der Waals surface area contributed by atoms with Gasteiger partial charge in [0.15, 0.2) is 16.3 Å². The Kier molecular flexibility index (Phi) is 8.40. The number of unbranched alkanes of at least 4 members (excludes halogenated alkanes) is 10. The molecule has 6 heteroatoms. The highest BCUT2D eigenvalue weighted by Gasteiger charge is 2.16. The summed E-state index contributed by atoms with van der Waals surface area (Å²) in [5.74, 6) is 2.53. The number of fused-ring (bicyclic) bond motifs is 1. The van der Waals surface area contributed by atoms with Gasteiger partial charge in [-0.25, -0.2) is 0 Å². The lowest BCUT2D eigenvalue weighted by Gasteiger charge is -2.08. The van der Waals surface area contributed by atoms with Crippen molar-refractivity contribution in [2.75, 3.05) is 6.79 Å². The van der Waals surface area contributed by atoms with E-state index in [1.165, 1.54) is 64.2 Å². The fourth-order valence-electron chi connectivity index (χ4n) is 3.74. The molecule has 1 aliphatic rings. The van der Waals surface area contributed by atoms with Crippen LogP contribution in [-0.4, -0.2) is 21.6 Å². The summed E-state index contributed by atoms with van der Waals surface area (Å²) in [5.41, 5.74) is 0.973. The first-order valence-electron chi connectivity index (χ1n) is 10.9. The van der Waals surface area contributed by atoms with Crippen molar-refractivity contribution in [1.82, 2.24) is 14.8 Å². The number of hydrogen-bond acceptors (Lipinski definition) is 4. The monoisotopic (exact) mass is 403 g/mol. The van der Waals surface area contributed by atoms with E-state index in [9.17, 15) is 0 Å². The maximum absolute atomic E-state index is 5.49. The topological polar surface area (TPSA) is 52.1 Å². The zero-order valence-corrected chi connectivity index (χ0v) is 17.9. The number of aryl methyl sites for hydroxylation is 1. The molecule has 0 saturated carbocycles. The van der Waals surface area contributed by atoms with Crippen molar-refractivity contribution in [3.8, 4) is 17.2 Å². The first-order chi connectivity index (χ1) is 13.8. The van der Waals surface area contributed by atoms with Gasteiger partial charge in [-0.05, 0) is 30.8 Å². The summed E-state index contributed by atoms with van der Waals surface area (Å²) >= 11 is 5.44. The molecule has 1 aromatic carbocycles. The Labute approximate surface area is 173 Å². The number of H-pyrrole nitrogens is 1. The molecule has 0 unspecified atom stereocenters. The second-order valence-corrected chi connectivity index (χ2v) is 7.99. The summed E-state index contributed by atoms with van der Waals surface area (Å²) in [6.45, 7) is 2.55. The van der Waals surface area contributed by atoms with Gasteiger partial charge in [-0.1, -0.05) is 71.1 Å². The van der Waals surface area contributed by atoms with Gasteiger partial charge in [-0.15, -0.1) is 0 Å². The lowest BCUT2D eigenvalue weighted by atomic mass is 10.1. The van der Waals surface area contributed by atoms with Crippen molar-refractivity contribution >= 4 is 12.2 Å². The normalized spacial score (nSPS) is 12.6. The van der Waals surface area contributed by atoms with Crippen LogP contribution in [0, 0.1) is 4.77 Å². The van der Waals surface area contributed by atoms with Crippen LogP contribution in [0.3, 0.4) is 0 Å². The molecule has 0 aliphatic carbocycles. The first-order valence-corrected chi connectivity index (χ1v) is 11.3. The molecule has 2 heterocycles. The van der Waals surface area contributed by atoms with Gasteiger partial charge < -0.3 is 9.47 Å². The Bertz CT molecular complexity index is 784. The molecule has 5 nitrogen and oxygen atoms in total. The fourth-order valence-corrected chi connectivity index (χ4v) is 3.99. The molecule has 1 aromatic heterocycles. The zero-order valence-electron chi connectivity index (χ0n) is 17.0. The molecule has 0 radical (unpaired) electrons. The van der Waals surface area contributed by atoms with E-state index in [2.05, 4.69) is 17.1 Å². The van der Waals surface area contributed by atoms with Crippen LogP contribution in [0.2, 0.25) is 0 Å². The fraction of sp³-hybridized carbons (Fsp3) is 0.636. The lowest BCUT2D eigenvalue weighted by Crippen LogP contribution is -2.02. The lowest BCUT2D eigenvalue weighted by molar-refractivity contribution is 0.174. The van der Waals surface area contributed by atoms with Gasteiger partial charge in [0.05, 0.1) is 5.69 Å². The van der Waals surface area contributed by atoms with Crippen LogP contribution in [0.4, 0.5) is 0 Å². The SMILES string of the molecule is CCCCCCCCCCCCCc1n[nH]c(=S)n1-c1ccc2c(c1)OCO2. The van der Waals surface area contributed by atoms with Crippen LogP contribution in [0.1, 0.15) is 83.4 Å². The van der Waals surface area contributed by atoms with Crippen LogP contribution < -0.4 is 9.47 Å². The number of nitrogens with zero attached hydrogens (tertiary/aromatic N) is 2. The average molecular weight is 404 g/mol. The van der Waals surface area contributed by atoms with E-state index < -0.39 is 0 Å². The van der Waals surface area contributed by atoms with Gasteiger partial charge in [0.1, 0.15) is 5.82 Å². The maximum Gasteiger partial charge on any atom is 0.231 e. The molecule has 1 aliphatic heterocycles. The van der Waals surface area contributed by atoms with Gasteiger partial charge in [-0.2, -0.15) is 5.10 Å². The third kappa shape index (κ3) is 5.84. The highest BCUT2D eigenvalue weighted by molar-refractivity contribution is 7.71. The summed E-state index contributed by atoms with van der Waals surface area (Å²) in [5, 5.41) is 7.38. The number of ether oxygens (including phenoxy) is 2. The molecule has 0 fully saturated rings. The average Bonchev–Trinajstić information content (AvgIpc) is 3.31. The van der Waals surface area contributed by atoms with E-state index in [0.717, 1.165) is 35.9 Å². The Morgan fingerprint density at radius 2 is 1.57 bits per heavy atom. The van der Waals surface area contributed by atoms with Crippen molar-refractivity contribution < 1.29 is 9.47 Å². The molecule has 0 saturated heterocycles. The molecule has 154 valence electrons. The predicted octanol–water partition coefficient (Wildman–Crippen LogP) is 6.51. The van der Waals surface area contributed by atoms with Gasteiger partial charge in [0.25, 0.3) is 0 Å². The summed E-state index contributed by atoms with van der Waals surface area (Å²) < 4.78 is 13.5. The summed E-state index contributed by atoms with van der Waals surface area (Å²) in [4.78, 5) is 0. The minimum Gasteiger partial charge on any atom is -0.454 e. The number of benzene rings is 1. The van der Waals surface area contributed by atoms with Crippen molar-refractivity contribution in [2.24, 2.45) is 0 Å². The van der Waals surface area contributed by atoms with Gasteiger partial charge in [-0.3, -0.25) is 9.67 Å². The molecule has 0 spiro atoms. The molecular formula is C22H33N3O2S. The minimum atomic E-state index is 0.279. The van der Waals surface area contributed by atoms with Crippen LogP contribution in [0.25, 0.3) is 5.69 Å². The van der Waals surface area contributed by atoms with E-state index in [1.54, 1.807) is 0 Å². The number of nitrogens with one attached hydrogen (secondary N) is 1. The number of hydrogen-bond donors (Lipinski definition) is 1. The van der Waals surface area contributed by atoms with E-state index in [4.69, 9.17) is 21.7 Å². The Hall–Kier alpha value is -1.82. The van der Waals surface area contributed by atoms with Gasteiger partial charge in [0, 0.05) is 12.5 Å². The van der Waals surface area contributed by atoms with E-state index in [1.807, 2.05) is 22.8 Å². The van der Waals surface area contributed by atoms with Gasteiger partial charge >= 0.3 is 0 Å². The predicted molar refractivity (Wildman–Crippen MR) is 115 cm³/mol. The smallest absolute Gasteiger partial charge is 0.231 e. The quantitative estimate of drug-likeness (QED) is 0.306. The summed E-state index contributed by atoms with van der Waals surface area (Å²) in [6.07, 6.45) is 15.7. The molecule has 0 atom stereocenters. The largest absolute Gasteiger partial charge is 0.454 e. The number of aromatic nitrogens is 3. The van der Waals surface area contributed by atoms with E-state index >= 15 is 0 Å².